The number of aromatic nitrogens is 1. The molecule has 1 aliphatic rings. The molecule has 0 aromatic carbocycles. The van der Waals surface area contributed by atoms with Gasteiger partial charge in [0.2, 0.25) is 0 Å². The topological polar surface area (TPSA) is 77.7 Å². The van der Waals surface area contributed by atoms with Gasteiger partial charge in [0.25, 0.3) is 0 Å². The van der Waals surface area contributed by atoms with Gasteiger partial charge in [0.1, 0.15) is 10.8 Å². The van der Waals surface area contributed by atoms with E-state index in [4.69, 9.17) is 26.8 Å². The second-order valence-electron chi connectivity index (χ2n) is 9.16. The molecule has 1 saturated heterocycles. The Morgan fingerprint density at radius 2 is 2.07 bits per heavy atom. The predicted octanol–water partition coefficient (Wildman–Crippen LogP) is 4.97. The SMILES string of the molecule is CC(C)(C)OC(=O)N1CC[C@@H](OCCCCCCC(N)CCc2cccnc2Cl)C1. The number of rotatable bonds is 11. The molecule has 0 radical (unpaired) electrons. The highest BCUT2D eigenvalue weighted by Gasteiger charge is 2.30. The van der Waals surface area contributed by atoms with Gasteiger partial charge in [-0.15, -0.1) is 0 Å². The number of nitrogens with zero attached hydrogens (tertiary/aromatic N) is 2. The second kappa shape index (κ2) is 12.5. The fraction of sp³-hybridized carbons (Fsp3) is 0.739. The average molecular weight is 440 g/mol. The molecular formula is C23H38ClN3O3. The van der Waals surface area contributed by atoms with E-state index in [0.717, 1.165) is 57.1 Å². The minimum atomic E-state index is -0.454. The number of amides is 1. The monoisotopic (exact) mass is 439 g/mol. The van der Waals surface area contributed by atoms with Gasteiger partial charge < -0.3 is 20.1 Å². The summed E-state index contributed by atoms with van der Waals surface area (Å²) in [6.07, 6.45) is 9.82. The first-order valence-electron chi connectivity index (χ1n) is 11.2. The van der Waals surface area contributed by atoms with Gasteiger partial charge in [0, 0.05) is 25.4 Å². The fourth-order valence-electron chi connectivity index (χ4n) is 3.56. The Hall–Kier alpha value is -1.37. The minimum absolute atomic E-state index is 0.130. The molecule has 1 fully saturated rings. The number of aryl methyl sites for hydroxylation is 1. The van der Waals surface area contributed by atoms with Crippen molar-refractivity contribution in [3.8, 4) is 0 Å². The number of nitrogens with two attached hydrogens (primary N) is 1. The molecule has 1 aromatic rings. The van der Waals surface area contributed by atoms with Crippen LogP contribution in [0, 0.1) is 0 Å². The number of carbonyl (C=O) groups excluding carboxylic acids is 1. The van der Waals surface area contributed by atoms with Gasteiger partial charge in [-0.2, -0.15) is 0 Å². The van der Waals surface area contributed by atoms with Crippen molar-refractivity contribution >= 4 is 17.7 Å². The van der Waals surface area contributed by atoms with Crippen molar-refractivity contribution in [3.63, 3.8) is 0 Å². The summed E-state index contributed by atoms with van der Waals surface area (Å²) in [6.45, 7) is 7.75. The molecule has 2 atom stereocenters. The van der Waals surface area contributed by atoms with Crippen molar-refractivity contribution < 1.29 is 14.3 Å². The number of likely N-dealkylation sites (tertiary alicyclic amines) is 1. The molecule has 7 heteroatoms. The van der Waals surface area contributed by atoms with Crippen LogP contribution in [0.2, 0.25) is 5.15 Å². The quantitative estimate of drug-likeness (QED) is 0.389. The van der Waals surface area contributed by atoms with Crippen LogP contribution in [0.15, 0.2) is 18.3 Å². The van der Waals surface area contributed by atoms with Crippen molar-refractivity contribution in [1.82, 2.24) is 9.88 Å². The fourth-order valence-corrected chi connectivity index (χ4v) is 3.77. The minimum Gasteiger partial charge on any atom is -0.444 e. The standard InChI is InChI=1S/C23H38ClN3O3/c1-23(2,3)30-22(28)27-15-13-20(17-27)29-16-7-5-4-6-10-19(25)12-11-18-9-8-14-26-21(18)24/h8-9,14,19-20H,4-7,10-13,15-17,25H2,1-3H3/t19?,20-/m1/s1. The molecule has 2 rings (SSSR count). The molecule has 6 nitrogen and oxygen atoms in total. The number of hydrogen-bond donors (Lipinski definition) is 1. The van der Waals surface area contributed by atoms with E-state index in [-0.39, 0.29) is 18.2 Å². The van der Waals surface area contributed by atoms with E-state index in [1.807, 2.05) is 32.9 Å². The number of carbonyl (C=O) groups is 1. The molecule has 1 aromatic heterocycles. The normalized spacial score (nSPS) is 17.9. The summed E-state index contributed by atoms with van der Waals surface area (Å²) in [4.78, 5) is 17.9. The average Bonchev–Trinajstić information content (AvgIpc) is 3.14. The summed E-state index contributed by atoms with van der Waals surface area (Å²) in [5, 5.41) is 0.584. The molecule has 0 spiro atoms. The van der Waals surface area contributed by atoms with Crippen LogP contribution in [0.25, 0.3) is 0 Å². The predicted molar refractivity (Wildman–Crippen MR) is 121 cm³/mol. The Morgan fingerprint density at radius 3 is 2.80 bits per heavy atom. The first-order chi connectivity index (χ1) is 14.2. The summed E-state index contributed by atoms with van der Waals surface area (Å²) in [6, 6.07) is 4.13. The van der Waals surface area contributed by atoms with E-state index in [1.165, 1.54) is 6.42 Å². The zero-order chi connectivity index (χ0) is 22.0. The molecule has 0 bridgehead atoms. The molecule has 0 saturated carbocycles. The highest BCUT2D eigenvalue weighted by Crippen LogP contribution is 2.18. The Kier molecular flexibility index (Phi) is 10.4. The van der Waals surface area contributed by atoms with Gasteiger partial charge >= 0.3 is 6.09 Å². The maximum atomic E-state index is 12.1. The van der Waals surface area contributed by atoms with Crippen LogP contribution in [0.4, 0.5) is 4.79 Å². The molecule has 1 unspecified atom stereocenters. The third kappa shape index (κ3) is 9.63. The van der Waals surface area contributed by atoms with Gasteiger partial charge in [0.15, 0.2) is 0 Å². The van der Waals surface area contributed by atoms with Crippen molar-refractivity contribution in [3.05, 3.63) is 29.0 Å². The van der Waals surface area contributed by atoms with Gasteiger partial charge in [0.05, 0.1) is 12.6 Å². The van der Waals surface area contributed by atoms with Crippen molar-refractivity contribution in [2.24, 2.45) is 5.73 Å². The maximum Gasteiger partial charge on any atom is 0.410 e. The highest BCUT2D eigenvalue weighted by atomic mass is 35.5. The summed E-state index contributed by atoms with van der Waals surface area (Å²) >= 11 is 6.09. The summed E-state index contributed by atoms with van der Waals surface area (Å²) in [5.41, 5.74) is 6.86. The molecule has 1 amide bonds. The smallest absolute Gasteiger partial charge is 0.410 e. The van der Waals surface area contributed by atoms with Crippen LogP contribution in [0.3, 0.4) is 0 Å². The van der Waals surface area contributed by atoms with E-state index in [9.17, 15) is 4.79 Å². The van der Waals surface area contributed by atoms with E-state index in [0.29, 0.717) is 18.2 Å². The van der Waals surface area contributed by atoms with E-state index < -0.39 is 5.60 Å². The Balaban J connectivity index is 1.46. The molecule has 1 aliphatic heterocycles. The van der Waals surface area contributed by atoms with Crippen molar-refractivity contribution in [2.45, 2.75) is 89.9 Å². The lowest BCUT2D eigenvalue weighted by molar-refractivity contribution is 0.0206. The summed E-state index contributed by atoms with van der Waals surface area (Å²) < 4.78 is 11.4. The zero-order valence-corrected chi connectivity index (χ0v) is 19.5. The van der Waals surface area contributed by atoms with Gasteiger partial charge in [-0.25, -0.2) is 9.78 Å². The number of ether oxygens (including phenoxy) is 2. The van der Waals surface area contributed by atoms with Gasteiger partial charge in [-0.3, -0.25) is 0 Å². The Morgan fingerprint density at radius 1 is 1.30 bits per heavy atom. The third-order valence-corrected chi connectivity index (χ3v) is 5.58. The lowest BCUT2D eigenvalue weighted by Crippen LogP contribution is -2.36. The van der Waals surface area contributed by atoms with E-state index in [2.05, 4.69) is 4.98 Å². The lowest BCUT2D eigenvalue weighted by atomic mass is 10.0. The van der Waals surface area contributed by atoms with Crippen LogP contribution < -0.4 is 5.73 Å². The number of pyridine rings is 1. The second-order valence-corrected chi connectivity index (χ2v) is 9.52. The van der Waals surface area contributed by atoms with Gasteiger partial charge in [-0.05, 0) is 64.5 Å². The van der Waals surface area contributed by atoms with Crippen molar-refractivity contribution in [1.29, 1.82) is 0 Å². The van der Waals surface area contributed by atoms with Crippen LogP contribution in [0.1, 0.15) is 71.3 Å². The largest absolute Gasteiger partial charge is 0.444 e. The van der Waals surface area contributed by atoms with E-state index >= 15 is 0 Å². The number of halogens is 1. The summed E-state index contributed by atoms with van der Waals surface area (Å²) in [5.74, 6) is 0. The zero-order valence-electron chi connectivity index (χ0n) is 18.7. The van der Waals surface area contributed by atoms with Crippen LogP contribution in [0.5, 0.6) is 0 Å². The molecular weight excluding hydrogens is 402 g/mol. The number of unbranched alkanes of at least 4 members (excludes halogenated alkanes) is 3. The van der Waals surface area contributed by atoms with E-state index in [1.54, 1.807) is 11.1 Å². The molecule has 2 N–H and O–H groups in total. The van der Waals surface area contributed by atoms with Crippen LogP contribution >= 0.6 is 11.6 Å². The highest BCUT2D eigenvalue weighted by molar-refractivity contribution is 6.30. The molecule has 2 heterocycles. The van der Waals surface area contributed by atoms with Crippen molar-refractivity contribution in [2.75, 3.05) is 19.7 Å². The Bertz CT molecular complexity index is 651. The first-order valence-corrected chi connectivity index (χ1v) is 11.6. The molecule has 30 heavy (non-hydrogen) atoms. The molecule has 170 valence electrons. The number of hydrogen-bond acceptors (Lipinski definition) is 5. The summed E-state index contributed by atoms with van der Waals surface area (Å²) in [7, 11) is 0. The third-order valence-electron chi connectivity index (χ3n) is 5.24. The Labute approximate surface area is 186 Å². The first kappa shape index (κ1) is 24.9. The van der Waals surface area contributed by atoms with Gasteiger partial charge in [-0.1, -0.05) is 36.9 Å². The lowest BCUT2D eigenvalue weighted by Gasteiger charge is -2.24. The van der Waals surface area contributed by atoms with Crippen LogP contribution in [-0.4, -0.2) is 53.4 Å². The van der Waals surface area contributed by atoms with Crippen LogP contribution in [-0.2, 0) is 15.9 Å². The maximum absolute atomic E-state index is 12.1. The molecule has 0 aliphatic carbocycles.